The molecular formula is C12H23N3. The molecule has 1 heterocycles. The predicted octanol–water partition coefficient (Wildman–Crippen LogP) is 2.30. The fourth-order valence-corrected chi connectivity index (χ4v) is 1.51. The topological polar surface area (TPSA) is 29.9 Å². The molecule has 0 fully saturated rings. The van der Waals surface area contributed by atoms with Gasteiger partial charge in [-0.05, 0) is 39.8 Å². The van der Waals surface area contributed by atoms with Crippen molar-refractivity contribution in [2.75, 3.05) is 6.54 Å². The van der Waals surface area contributed by atoms with E-state index in [1.807, 2.05) is 17.9 Å². The zero-order valence-electron chi connectivity index (χ0n) is 10.5. The van der Waals surface area contributed by atoms with Crippen LogP contribution in [-0.2, 0) is 7.05 Å². The molecule has 0 aliphatic heterocycles. The number of hydrogen-bond acceptors (Lipinski definition) is 2. The largest absolute Gasteiger partial charge is 0.312 e. The van der Waals surface area contributed by atoms with E-state index in [1.165, 1.54) is 5.69 Å². The SMILES string of the molecule is CC(CCNC(C)(C)C)c1ccn(C)n1. The van der Waals surface area contributed by atoms with Crippen molar-refractivity contribution in [3.05, 3.63) is 18.0 Å². The summed E-state index contributed by atoms with van der Waals surface area (Å²) in [4.78, 5) is 0. The second-order valence-corrected chi connectivity index (χ2v) is 5.28. The highest BCUT2D eigenvalue weighted by Crippen LogP contribution is 2.16. The van der Waals surface area contributed by atoms with Crippen molar-refractivity contribution in [1.29, 1.82) is 0 Å². The average molecular weight is 209 g/mol. The highest BCUT2D eigenvalue weighted by atomic mass is 15.2. The van der Waals surface area contributed by atoms with Crippen molar-refractivity contribution < 1.29 is 0 Å². The molecule has 0 aliphatic carbocycles. The fourth-order valence-electron chi connectivity index (χ4n) is 1.51. The van der Waals surface area contributed by atoms with Crippen LogP contribution in [0.3, 0.4) is 0 Å². The molecule has 0 saturated carbocycles. The maximum Gasteiger partial charge on any atom is 0.0653 e. The molecule has 0 saturated heterocycles. The maximum absolute atomic E-state index is 4.41. The number of nitrogens with zero attached hydrogens (tertiary/aromatic N) is 2. The van der Waals surface area contributed by atoms with Crippen molar-refractivity contribution in [2.24, 2.45) is 7.05 Å². The lowest BCUT2D eigenvalue weighted by Crippen LogP contribution is -2.36. The summed E-state index contributed by atoms with van der Waals surface area (Å²) in [5, 5.41) is 7.91. The van der Waals surface area contributed by atoms with E-state index in [2.05, 4.69) is 44.2 Å². The van der Waals surface area contributed by atoms with Gasteiger partial charge >= 0.3 is 0 Å². The zero-order chi connectivity index (χ0) is 11.5. The third kappa shape index (κ3) is 4.47. The molecular weight excluding hydrogens is 186 g/mol. The van der Waals surface area contributed by atoms with Crippen LogP contribution < -0.4 is 5.32 Å². The summed E-state index contributed by atoms with van der Waals surface area (Å²) in [6, 6.07) is 2.10. The lowest BCUT2D eigenvalue weighted by Gasteiger charge is -2.21. The molecule has 1 aromatic rings. The van der Waals surface area contributed by atoms with Crippen LogP contribution in [0.15, 0.2) is 12.3 Å². The van der Waals surface area contributed by atoms with Gasteiger partial charge in [0.15, 0.2) is 0 Å². The molecule has 15 heavy (non-hydrogen) atoms. The molecule has 0 spiro atoms. The number of hydrogen-bond donors (Lipinski definition) is 1. The van der Waals surface area contributed by atoms with Gasteiger partial charge in [-0.25, -0.2) is 0 Å². The van der Waals surface area contributed by atoms with Gasteiger partial charge < -0.3 is 5.32 Å². The molecule has 1 atom stereocenters. The Morgan fingerprint density at radius 1 is 1.47 bits per heavy atom. The Morgan fingerprint density at radius 2 is 2.13 bits per heavy atom. The molecule has 0 bridgehead atoms. The lowest BCUT2D eigenvalue weighted by molar-refractivity contribution is 0.412. The molecule has 1 rings (SSSR count). The molecule has 1 N–H and O–H groups in total. The molecule has 0 radical (unpaired) electrons. The highest BCUT2D eigenvalue weighted by Gasteiger charge is 2.11. The Balaban J connectivity index is 2.34. The first-order chi connectivity index (χ1) is 6.88. The fraction of sp³-hybridized carbons (Fsp3) is 0.750. The normalized spacial score (nSPS) is 14.2. The summed E-state index contributed by atoms with van der Waals surface area (Å²) in [6.45, 7) is 9.85. The Labute approximate surface area is 92.9 Å². The first-order valence-corrected chi connectivity index (χ1v) is 5.63. The van der Waals surface area contributed by atoms with E-state index in [0.29, 0.717) is 5.92 Å². The van der Waals surface area contributed by atoms with Crippen molar-refractivity contribution >= 4 is 0 Å². The third-order valence-electron chi connectivity index (χ3n) is 2.47. The number of aryl methyl sites for hydroxylation is 1. The van der Waals surface area contributed by atoms with Gasteiger partial charge in [0.2, 0.25) is 0 Å². The van der Waals surface area contributed by atoms with Gasteiger partial charge in [-0.3, -0.25) is 4.68 Å². The molecule has 0 aliphatic rings. The van der Waals surface area contributed by atoms with Gasteiger partial charge in [0, 0.05) is 24.7 Å². The van der Waals surface area contributed by atoms with Crippen LogP contribution in [-0.4, -0.2) is 21.9 Å². The van der Waals surface area contributed by atoms with E-state index in [9.17, 15) is 0 Å². The number of rotatable bonds is 4. The number of nitrogens with one attached hydrogen (secondary N) is 1. The summed E-state index contributed by atoms with van der Waals surface area (Å²) in [5.41, 5.74) is 1.40. The smallest absolute Gasteiger partial charge is 0.0653 e. The summed E-state index contributed by atoms with van der Waals surface area (Å²) in [6.07, 6.45) is 3.14. The Morgan fingerprint density at radius 3 is 2.60 bits per heavy atom. The predicted molar refractivity (Wildman–Crippen MR) is 64.0 cm³/mol. The van der Waals surface area contributed by atoms with Gasteiger partial charge in [-0.15, -0.1) is 0 Å². The van der Waals surface area contributed by atoms with Crippen LogP contribution >= 0.6 is 0 Å². The lowest BCUT2D eigenvalue weighted by atomic mass is 10.0. The van der Waals surface area contributed by atoms with E-state index < -0.39 is 0 Å². The first kappa shape index (κ1) is 12.2. The van der Waals surface area contributed by atoms with E-state index in [-0.39, 0.29) is 5.54 Å². The van der Waals surface area contributed by atoms with Crippen molar-refractivity contribution in [3.63, 3.8) is 0 Å². The molecule has 3 nitrogen and oxygen atoms in total. The van der Waals surface area contributed by atoms with E-state index in [0.717, 1.165) is 13.0 Å². The molecule has 1 unspecified atom stereocenters. The summed E-state index contributed by atoms with van der Waals surface area (Å²) >= 11 is 0. The minimum Gasteiger partial charge on any atom is -0.312 e. The minimum atomic E-state index is 0.212. The van der Waals surface area contributed by atoms with Gasteiger partial charge in [0.1, 0.15) is 0 Å². The highest BCUT2D eigenvalue weighted by molar-refractivity contribution is 5.04. The van der Waals surface area contributed by atoms with Gasteiger partial charge in [-0.2, -0.15) is 5.10 Å². The first-order valence-electron chi connectivity index (χ1n) is 5.63. The Kier molecular flexibility index (Phi) is 3.91. The summed E-state index contributed by atoms with van der Waals surface area (Å²) in [7, 11) is 1.96. The minimum absolute atomic E-state index is 0.212. The van der Waals surface area contributed by atoms with E-state index in [1.54, 1.807) is 0 Å². The second-order valence-electron chi connectivity index (χ2n) is 5.28. The maximum atomic E-state index is 4.41. The van der Waals surface area contributed by atoms with Crippen LogP contribution in [0.4, 0.5) is 0 Å². The molecule has 3 heteroatoms. The standard InChI is InChI=1S/C12H23N3/c1-10(6-8-13-12(2,3)4)11-7-9-15(5)14-11/h7,9-10,13H,6,8H2,1-5H3. The average Bonchev–Trinajstić information content (AvgIpc) is 2.49. The van der Waals surface area contributed by atoms with Crippen LogP contribution in [0.25, 0.3) is 0 Å². The van der Waals surface area contributed by atoms with E-state index >= 15 is 0 Å². The van der Waals surface area contributed by atoms with Crippen LogP contribution in [0.1, 0.15) is 45.7 Å². The molecule has 1 aromatic heterocycles. The van der Waals surface area contributed by atoms with Crippen LogP contribution in [0.5, 0.6) is 0 Å². The monoisotopic (exact) mass is 209 g/mol. The Bertz CT molecular complexity index is 296. The zero-order valence-corrected chi connectivity index (χ0v) is 10.5. The third-order valence-corrected chi connectivity index (χ3v) is 2.47. The van der Waals surface area contributed by atoms with Gasteiger partial charge in [-0.1, -0.05) is 6.92 Å². The molecule has 0 amide bonds. The van der Waals surface area contributed by atoms with Crippen molar-refractivity contribution in [1.82, 2.24) is 15.1 Å². The van der Waals surface area contributed by atoms with Crippen LogP contribution in [0.2, 0.25) is 0 Å². The molecule has 0 aromatic carbocycles. The van der Waals surface area contributed by atoms with Gasteiger partial charge in [0.25, 0.3) is 0 Å². The van der Waals surface area contributed by atoms with Crippen molar-refractivity contribution in [2.45, 2.75) is 45.6 Å². The Hall–Kier alpha value is -0.830. The van der Waals surface area contributed by atoms with Crippen molar-refractivity contribution in [3.8, 4) is 0 Å². The molecule has 86 valence electrons. The summed E-state index contributed by atoms with van der Waals surface area (Å²) < 4.78 is 1.86. The number of aromatic nitrogens is 2. The quantitative estimate of drug-likeness (QED) is 0.824. The second kappa shape index (κ2) is 4.79. The van der Waals surface area contributed by atoms with Crippen LogP contribution in [0, 0.1) is 0 Å². The summed E-state index contributed by atoms with van der Waals surface area (Å²) in [5.74, 6) is 0.529. The van der Waals surface area contributed by atoms with E-state index in [4.69, 9.17) is 0 Å². The van der Waals surface area contributed by atoms with Gasteiger partial charge in [0.05, 0.1) is 5.69 Å².